The van der Waals surface area contributed by atoms with Crippen LogP contribution in [0.1, 0.15) is 43.5 Å². The summed E-state index contributed by atoms with van der Waals surface area (Å²) in [5.74, 6) is 1.08. The van der Waals surface area contributed by atoms with E-state index >= 15 is 0 Å². The number of amides is 1. The molecule has 3 heterocycles. The van der Waals surface area contributed by atoms with Crippen molar-refractivity contribution < 1.29 is 13.2 Å². The topological polar surface area (TPSA) is 98.9 Å². The highest BCUT2D eigenvalue weighted by molar-refractivity contribution is 7.99. The van der Waals surface area contributed by atoms with Crippen molar-refractivity contribution in [3.8, 4) is 5.69 Å². The second kappa shape index (κ2) is 9.11. The molecule has 0 bridgehead atoms. The van der Waals surface area contributed by atoms with Gasteiger partial charge in [0.1, 0.15) is 5.82 Å². The number of aryl methyl sites for hydroxylation is 1. The van der Waals surface area contributed by atoms with Crippen molar-refractivity contribution in [3.63, 3.8) is 0 Å². The molecule has 8 nitrogen and oxygen atoms in total. The molecule has 0 saturated carbocycles. The van der Waals surface area contributed by atoms with E-state index in [-0.39, 0.29) is 29.2 Å². The van der Waals surface area contributed by atoms with Crippen molar-refractivity contribution in [2.75, 3.05) is 22.6 Å². The first-order valence-electron chi connectivity index (χ1n) is 10.6. The van der Waals surface area contributed by atoms with Crippen LogP contribution < -0.4 is 5.32 Å². The van der Waals surface area contributed by atoms with Gasteiger partial charge in [-0.2, -0.15) is 5.10 Å². The Labute approximate surface area is 192 Å². The minimum absolute atomic E-state index is 0.0540. The highest BCUT2D eigenvalue weighted by Crippen LogP contribution is 2.29. The van der Waals surface area contributed by atoms with Crippen LogP contribution in [0, 0.1) is 6.92 Å². The summed E-state index contributed by atoms with van der Waals surface area (Å²) in [7, 11) is -3.05. The Morgan fingerprint density at radius 3 is 2.81 bits per heavy atom. The number of aromatic nitrogens is 4. The summed E-state index contributed by atoms with van der Waals surface area (Å²) in [4.78, 5) is 17.1. The van der Waals surface area contributed by atoms with E-state index in [4.69, 9.17) is 0 Å². The van der Waals surface area contributed by atoms with Gasteiger partial charge in [-0.25, -0.2) is 18.1 Å². The highest BCUT2D eigenvalue weighted by Gasteiger charge is 2.31. The Balaban J connectivity index is 1.46. The van der Waals surface area contributed by atoms with Gasteiger partial charge in [-0.1, -0.05) is 43.8 Å². The Kier molecular flexibility index (Phi) is 6.43. The van der Waals surface area contributed by atoms with Crippen LogP contribution in [-0.2, 0) is 14.6 Å². The van der Waals surface area contributed by atoms with Gasteiger partial charge in [-0.05, 0) is 30.9 Å². The standard InChI is InChI=1S/C22H27N5O3S2/c1-15(2)18-6-4-5-7-19(18)26-10-9-23-22(26)31-13-21(28)24-20-12-16(3)25-27(20)17-8-11-32(29,30)14-17/h4-7,9-10,12,15,17H,8,11,13-14H2,1-3H3,(H,24,28)/t17-/m1/s1. The van der Waals surface area contributed by atoms with Crippen molar-refractivity contribution in [3.05, 3.63) is 54.0 Å². The van der Waals surface area contributed by atoms with Crippen LogP contribution in [0.4, 0.5) is 5.82 Å². The molecule has 32 heavy (non-hydrogen) atoms. The maximum absolute atomic E-state index is 12.7. The van der Waals surface area contributed by atoms with Crippen LogP contribution in [0.25, 0.3) is 5.69 Å². The molecule has 1 amide bonds. The normalized spacial score (nSPS) is 17.7. The van der Waals surface area contributed by atoms with Crippen molar-refractivity contribution >= 4 is 33.3 Å². The quantitative estimate of drug-likeness (QED) is 0.527. The molecular weight excluding hydrogens is 446 g/mol. The molecule has 1 atom stereocenters. The molecule has 1 fully saturated rings. The molecule has 170 valence electrons. The SMILES string of the molecule is Cc1cc(NC(=O)CSc2nccn2-c2ccccc2C(C)C)n([C@@H]2CCS(=O)(=O)C2)n1. The molecule has 1 saturated heterocycles. The zero-order valence-electron chi connectivity index (χ0n) is 18.4. The molecule has 4 rings (SSSR count). The number of rotatable bonds is 7. The summed E-state index contributed by atoms with van der Waals surface area (Å²) < 4.78 is 27.4. The largest absolute Gasteiger partial charge is 0.310 e. The molecular formula is C22H27N5O3S2. The Bertz CT molecular complexity index is 1230. The average Bonchev–Trinajstić information content (AvgIpc) is 3.44. The monoisotopic (exact) mass is 473 g/mol. The lowest BCUT2D eigenvalue weighted by atomic mass is 10.0. The number of thioether (sulfide) groups is 1. The number of imidazole rings is 1. The van der Waals surface area contributed by atoms with Gasteiger partial charge in [0.2, 0.25) is 5.91 Å². The summed E-state index contributed by atoms with van der Waals surface area (Å²) in [6.07, 6.45) is 4.14. The molecule has 1 aliphatic heterocycles. The zero-order chi connectivity index (χ0) is 22.9. The fourth-order valence-corrected chi connectivity index (χ4v) is 6.40. The maximum Gasteiger partial charge on any atom is 0.235 e. The molecule has 1 aromatic carbocycles. The minimum Gasteiger partial charge on any atom is -0.310 e. The Morgan fingerprint density at radius 1 is 1.31 bits per heavy atom. The van der Waals surface area contributed by atoms with Crippen LogP contribution in [0.2, 0.25) is 0 Å². The van der Waals surface area contributed by atoms with Gasteiger partial charge < -0.3 is 5.32 Å². The van der Waals surface area contributed by atoms with Gasteiger partial charge in [0.25, 0.3) is 0 Å². The number of sulfone groups is 1. The summed E-state index contributed by atoms with van der Waals surface area (Å²) in [5.41, 5.74) is 3.00. The summed E-state index contributed by atoms with van der Waals surface area (Å²) in [6, 6.07) is 9.70. The minimum atomic E-state index is -3.05. The van der Waals surface area contributed by atoms with Crippen molar-refractivity contribution in [1.29, 1.82) is 0 Å². The molecule has 10 heteroatoms. The van der Waals surface area contributed by atoms with E-state index in [0.717, 1.165) is 16.5 Å². The number of carbonyl (C=O) groups is 1. The van der Waals surface area contributed by atoms with Gasteiger partial charge in [0.15, 0.2) is 15.0 Å². The number of para-hydroxylation sites is 1. The van der Waals surface area contributed by atoms with E-state index in [1.165, 1.54) is 17.3 Å². The number of hydrogen-bond acceptors (Lipinski definition) is 6. The molecule has 0 radical (unpaired) electrons. The van der Waals surface area contributed by atoms with Gasteiger partial charge >= 0.3 is 0 Å². The predicted molar refractivity (Wildman–Crippen MR) is 126 cm³/mol. The molecule has 3 aromatic rings. The number of nitrogens with one attached hydrogen (secondary N) is 1. The molecule has 0 aliphatic carbocycles. The lowest BCUT2D eigenvalue weighted by Gasteiger charge is -2.15. The Hall–Kier alpha value is -2.59. The first-order valence-corrected chi connectivity index (χ1v) is 13.4. The number of anilines is 1. The second-order valence-electron chi connectivity index (χ2n) is 8.30. The van der Waals surface area contributed by atoms with Gasteiger partial charge in [-0.15, -0.1) is 0 Å². The molecule has 0 spiro atoms. The van der Waals surface area contributed by atoms with Crippen LogP contribution >= 0.6 is 11.8 Å². The van der Waals surface area contributed by atoms with Crippen molar-refractivity contribution in [2.45, 2.75) is 44.3 Å². The third-order valence-corrected chi connectivity index (χ3v) is 8.15. The lowest BCUT2D eigenvalue weighted by molar-refractivity contribution is -0.113. The van der Waals surface area contributed by atoms with E-state index in [2.05, 4.69) is 41.4 Å². The van der Waals surface area contributed by atoms with Gasteiger partial charge in [-0.3, -0.25) is 9.36 Å². The smallest absolute Gasteiger partial charge is 0.235 e. The average molecular weight is 474 g/mol. The summed E-state index contributed by atoms with van der Waals surface area (Å²) in [6.45, 7) is 6.13. The third-order valence-electron chi connectivity index (χ3n) is 5.44. The van der Waals surface area contributed by atoms with Crippen molar-refractivity contribution in [2.24, 2.45) is 0 Å². The number of carbonyl (C=O) groups excluding carboxylic acids is 1. The third kappa shape index (κ3) is 4.91. The summed E-state index contributed by atoms with van der Waals surface area (Å²) >= 11 is 1.36. The molecule has 1 N–H and O–H groups in total. The van der Waals surface area contributed by atoms with Crippen LogP contribution in [0.15, 0.2) is 47.9 Å². The highest BCUT2D eigenvalue weighted by atomic mass is 32.2. The molecule has 0 unspecified atom stereocenters. The predicted octanol–water partition coefficient (Wildman–Crippen LogP) is 3.59. The van der Waals surface area contributed by atoms with Crippen LogP contribution in [0.5, 0.6) is 0 Å². The Morgan fingerprint density at radius 2 is 2.09 bits per heavy atom. The van der Waals surface area contributed by atoms with Crippen LogP contribution in [-0.4, -0.2) is 50.9 Å². The van der Waals surface area contributed by atoms with E-state index in [1.54, 1.807) is 16.9 Å². The van der Waals surface area contributed by atoms with E-state index < -0.39 is 9.84 Å². The first kappa shape index (κ1) is 22.6. The van der Waals surface area contributed by atoms with E-state index in [1.807, 2.05) is 29.8 Å². The number of nitrogens with zero attached hydrogens (tertiary/aromatic N) is 4. The molecule has 2 aromatic heterocycles. The zero-order valence-corrected chi connectivity index (χ0v) is 20.0. The van der Waals surface area contributed by atoms with E-state index in [9.17, 15) is 13.2 Å². The maximum atomic E-state index is 12.7. The van der Waals surface area contributed by atoms with Gasteiger partial charge in [0.05, 0.1) is 34.7 Å². The van der Waals surface area contributed by atoms with Gasteiger partial charge in [0, 0.05) is 18.5 Å². The molecule has 1 aliphatic rings. The second-order valence-corrected chi connectivity index (χ2v) is 11.5. The first-order chi connectivity index (χ1) is 15.2. The number of benzene rings is 1. The van der Waals surface area contributed by atoms with E-state index in [0.29, 0.717) is 18.2 Å². The fraction of sp³-hybridized carbons (Fsp3) is 0.409. The fourth-order valence-electron chi connectivity index (χ4n) is 3.94. The van der Waals surface area contributed by atoms with Crippen LogP contribution in [0.3, 0.4) is 0 Å². The lowest BCUT2D eigenvalue weighted by Crippen LogP contribution is -2.20. The summed E-state index contributed by atoms with van der Waals surface area (Å²) in [5, 5.41) is 8.05. The van der Waals surface area contributed by atoms with Crippen molar-refractivity contribution in [1.82, 2.24) is 19.3 Å². The number of hydrogen-bond donors (Lipinski definition) is 1.